The van der Waals surface area contributed by atoms with Crippen LogP contribution >= 0.6 is 0 Å². The lowest BCUT2D eigenvalue weighted by molar-refractivity contribution is -0.130. The Morgan fingerprint density at radius 3 is 2.55 bits per heavy atom. The third-order valence-electron chi connectivity index (χ3n) is 4.07. The number of allylic oxidation sites excluding steroid dienone is 1. The SMILES string of the molecule is O=C(O)C1=CCc2c1ccc1c2ccc2ccccc21. The molecule has 1 aliphatic carbocycles. The summed E-state index contributed by atoms with van der Waals surface area (Å²) in [6.45, 7) is 0. The maximum atomic E-state index is 11.2. The lowest BCUT2D eigenvalue weighted by Crippen LogP contribution is -1.98. The first-order chi connectivity index (χ1) is 9.75. The van der Waals surface area contributed by atoms with Crippen LogP contribution in [0.3, 0.4) is 0 Å². The van der Waals surface area contributed by atoms with Crippen molar-refractivity contribution in [2.75, 3.05) is 0 Å². The van der Waals surface area contributed by atoms with Gasteiger partial charge in [0.15, 0.2) is 0 Å². The van der Waals surface area contributed by atoms with Crippen LogP contribution in [0.4, 0.5) is 0 Å². The molecule has 0 atom stereocenters. The standard InChI is InChI=1S/C18H12O2/c19-18(20)17-10-9-15-14-6-5-11-3-1-2-4-12(11)13(14)7-8-16(15)17/h1-8,10H,9H2,(H,19,20). The molecule has 0 bridgehead atoms. The van der Waals surface area contributed by atoms with Crippen LogP contribution in [0.15, 0.2) is 54.6 Å². The lowest BCUT2D eigenvalue weighted by atomic mass is 9.94. The molecule has 0 heterocycles. The molecule has 0 spiro atoms. The largest absolute Gasteiger partial charge is 0.478 e. The summed E-state index contributed by atoms with van der Waals surface area (Å²) in [6, 6.07) is 16.5. The molecule has 2 heteroatoms. The first-order valence-electron chi connectivity index (χ1n) is 6.63. The predicted octanol–water partition coefficient (Wildman–Crippen LogP) is 4.02. The molecule has 1 aliphatic rings. The van der Waals surface area contributed by atoms with Gasteiger partial charge in [-0.25, -0.2) is 4.79 Å². The van der Waals surface area contributed by atoms with E-state index in [-0.39, 0.29) is 0 Å². The minimum absolute atomic E-state index is 0.426. The fourth-order valence-electron chi connectivity index (χ4n) is 3.14. The van der Waals surface area contributed by atoms with Crippen molar-refractivity contribution in [3.63, 3.8) is 0 Å². The van der Waals surface area contributed by atoms with Gasteiger partial charge in [0.25, 0.3) is 0 Å². The molecule has 96 valence electrons. The summed E-state index contributed by atoms with van der Waals surface area (Å²) in [5.74, 6) is -0.844. The van der Waals surface area contributed by atoms with Crippen molar-refractivity contribution >= 4 is 33.1 Å². The van der Waals surface area contributed by atoms with Gasteiger partial charge in [-0.15, -0.1) is 0 Å². The van der Waals surface area contributed by atoms with Crippen LogP contribution in [0.2, 0.25) is 0 Å². The Labute approximate surface area is 116 Å². The Morgan fingerprint density at radius 1 is 0.900 bits per heavy atom. The van der Waals surface area contributed by atoms with Gasteiger partial charge in [-0.05, 0) is 39.1 Å². The van der Waals surface area contributed by atoms with Crippen LogP contribution in [0.1, 0.15) is 11.1 Å². The molecular formula is C18H12O2. The maximum absolute atomic E-state index is 11.2. The second kappa shape index (κ2) is 3.94. The number of benzene rings is 3. The zero-order chi connectivity index (χ0) is 13.7. The molecule has 0 aliphatic heterocycles. The van der Waals surface area contributed by atoms with Crippen LogP contribution in [-0.2, 0) is 11.2 Å². The highest BCUT2D eigenvalue weighted by Gasteiger charge is 2.21. The number of carbonyl (C=O) groups is 1. The van der Waals surface area contributed by atoms with E-state index in [2.05, 4.69) is 24.3 Å². The number of carboxylic acid groups (broad SMARTS) is 1. The average Bonchev–Trinajstić information content (AvgIpc) is 2.91. The predicted molar refractivity (Wildman–Crippen MR) is 80.8 cm³/mol. The molecule has 0 radical (unpaired) electrons. The second-order valence-electron chi connectivity index (χ2n) is 5.10. The number of hydrogen-bond acceptors (Lipinski definition) is 1. The smallest absolute Gasteiger partial charge is 0.335 e. The van der Waals surface area contributed by atoms with E-state index in [0.717, 1.165) is 16.5 Å². The van der Waals surface area contributed by atoms with Gasteiger partial charge in [-0.2, -0.15) is 0 Å². The highest BCUT2D eigenvalue weighted by atomic mass is 16.4. The summed E-state index contributed by atoms with van der Waals surface area (Å²) in [4.78, 5) is 11.2. The third kappa shape index (κ3) is 1.42. The summed E-state index contributed by atoms with van der Waals surface area (Å²) < 4.78 is 0. The molecule has 3 aromatic rings. The fraction of sp³-hybridized carbons (Fsp3) is 0.0556. The third-order valence-corrected chi connectivity index (χ3v) is 4.07. The molecule has 0 fully saturated rings. The Balaban J connectivity index is 2.08. The minimum atomic E-state index is -0.844. The van der Waals surface area contributed by atoms with Crippen LogP contribution < -0.4 is 0 Å². The topological polar surface area (TPSA) is 37.3 Å². The zero-order valence-electron chi connectivity index (χ0n) is 10.8. The summed E-state index contributed by atoms with van der Waals surface area (Å²) >= 11 is 0. The monoisotopic (exact) mass is 260 g/mol. The van der Waals surface area contributed by atoms with Gasteiger partial charge in [-0.1, -0.05) is 54.6 Å². The van der Waals surface area contributed by atoms with E-state index in [4.69, 9.17) is 0 Å². The van der Waals surface area contributed by atoms with E-state index in [9.17, 15) is 9.90 Å². The van der Waals surface area contributed by atoms with E-state index >= 15 is 0 Å². The van der Waals surface area contributed by atoms with Gasteiger partial charge in [0, 0.05) is 0 Å². The number of carboxylic acids is 1. The first-order valence-corrected chi connectivity index (χ1v) is 6.63. The molecule has 0 unspecified atom stereocenters. The molecule has 0 saturated heterocycles. The first kappa shape index (κ1) is 11.2. The maximum Gasteiger partial charge on any atom is 0.335 e. The van der Waals surface area contributed by atoms with Crippen molar-refractivity contribution in [1.29, 1.82) is 0 Å². The number of rotatable bonds is 1. The molecule has 0 aromatic heterocycles. The van der Waals surface area contributed by atoms with E-state index in [1.54, 1.807) is 0 Å². The van der Waals surface area contributed by atoms with Crippen molar-refractivity contribution < 1.29 is 9.90 Å². The molecule has 4 rings (SSSR count). The van der Waals surface area contributed by atoms with Gasteiger partial charge in [0.1, 0.15) is 0 Å². The van der Waals surface area contributed by atoms with Gasteiger partial charge in [-0.3, -0.25) is 0 Å². The van der Waals surface area contributed by atoms with E-state index in [1.165, 1.54) is 16.2 Å². The van der Waals surface area contributed by atoms with Gasteiger partial charge < -0.3 is 5.11 Å². The summed E-state index contributed by atoms with van der Waals surface area (Å²) in [5, 5.41) is 14.0. The Hall–Kier alpha value is -2.61. The van der Waals surface area contributed by atoms with Gasteiger partial charge in [0.05, 0.1) is 5.57 Å². The van der Waals surface area contributed by atoms with Crippen molar-refractivity contribution in [3.8, 4) is 0 Å². The molecule has 0 saturated carbocycles. The average molecular weight is 260 g/mol. The van der Waals surface area contributed by atoms with Crippen LogP contribution in [0.5, 0.6) is 0 Å². The van der Waals surface area contributed by atoms with E-state index in [0.29, 0.717) is 12.0 Å². The molecule has 0 amide bonds. The molecule has 1 N–H and O–H groups in total. The Bertz CT molecular complexity index is 904. The van der Waals surface area contributed by atoms with Crippen molar-refractivity contribution in [2.45, 2.75) is 6.42 Å². The van der Waals surface area contributed by atoms with E-state index in [1.807, 2.05) is 30.3 Å². The van der Waals surface area contributed by atoms with Crippen LogP contribution in [0, 0.1) is 0 Å². The molecule has 3 aromatic carbocycles. The summed E-state index contributed by atoms with van der Waals surface area (Å²) in [5.41, 5.74) is 2.42. The van der Waals surface area contributed by atoms with Crippen molar-refractivity contribution in [3.05, 3.63) is 65.7 Å². The highest BCUT2D eigenvalue weighted by molar-refractivity contribution is 6.19. The number of fused-ring (bicyclic) bond motifs is 5. The molecular weight excluding hydrogens is 248 g/mol. The second-order valence-corrected chi connectivity index (χ2v) is 5.10. The summed E-state index contributed by atoms with van der Waals surface area (Å²) in [6.07, 6.45) is 2.51. The normalized spacial score (nSPS) is 13.5. The summed E-state index contributed by atoms with van der Waals surface area (Å²) in [7, 11) is 0. The van der Waals surface area contributed by atoms with Crippen LogP contribution in [0.25, 0.3) is 27.1 Å². The number of aliphatic carboxylic acids is 1. The Kier molecular flexibility index (Phi) is 2.21. The number of hydrogen-bond donors (Lipinski definition) is 1. The molecule has 20 heavy (non-hydrogen) atoms. The fourth-order valence-corrected chi connectivity index (χ4v) is 3.14. The van der Waals surface area contributed by atoms with Gasteiger partial charge in [0.2, 0.25) is 0 Å². The lowest BCUT2D eigenvalue weighted by Gasteiger charge is -2.09. The Morgan fingerprint density at radius 2 is 1.70 bits per heavy atom. The zero-order valence-corrected chi connectivity index (χ0v) is 10.8. The van der Waals surface area contributed by atoms with E-state index < -0.39 is 5.97 Å². The van der Waals surface area contributed by atoms with Crippen molar-refractivity contribution in [2.24, 2.45) is 0 Å². The van der Waals surface area contributed by atoms with Crippen LogP contribution in [-0.4, -0.2) is 11.1 Å². The van der Waals surface area contributed by atoms with Gasteiger partial charge >= 0.3 is 5.97 Å². The van der Waals surface area contributed by atoms with Crippen molar-refractivity contribution in [1.82, 2.24) is 0 Å². The quantitative estimate of drug-likeness (QED) is 0.671. The highest BCUT2D eigenvalue weighted by Crippen LogP contribution is 2.36. The minimum Gasteiger partial charge on any atom is -0.478 e. The molecule has 2 nitrogen and oxygen atoms in total.